The highest BCUT2D eigenvalue weighted by atomic mass is 14.5. The van der Waals surface area contributed by atoms with Gasteiger partial charge in [-0.25, -0.2) is 0 Å². The molecule has 0 radical (unpaired) electrons. The van der Waals surface area contributed by atoms with Crippen LogP contribution in [0.3, 0.4) is 0 Å². The molecule has 0 fully saturated rings. The molecule has 1 aliphatic rings. The van der Waals surface area contributed by atoms with E-state index in [9.17, 15) is 0 Å². The van der Waals surface area contributed by atoms with Crippen molar-refractivity contribution in [1.29, 1.82) is 0 Å². The first-order valence-electron chi connectivity index (χ1n) is 4.39. The van der Waals surface area contributed by atoms with E-state index < -0.39 is 0 Å². The number of rotatable bonds is 2. The van der Waals surface area contributed by atoms with Crippen LogP contribution in [0.5, 0.6) is 0 Å². The molecule has 1 heteroatoms. The van der Waals surface area contributed by atoms with Crippen molar-refractivity contribution in [3.63, 3.8) is 0 Å². The summed E-state index contributed by atoms with van der Waals surface area (Å²) in [7, 11) is 0. The minimum Gasteiger partial charge on any atom is -0.330 e. The SMILES string of the molecule is NCCc1cccc2c1C=CC2. The summed E-state index contributed by atoms with van der Waals surface area (Å²) in [5.74, 6) is 0. The molecule has 12 heavy (non-hydrogen) atoms. The molecule has 2 rings (SSSR count). The molecule has 0 saturated heterocycles. The lowest BCUT2D eigenvalue weighted by atomic mass is 10.0. The zero-order valence-electron chi connectivity index (χ0n) is 7.09. The van der Waals surface area contributed by atoms with Crippen LogP contribution < -0.4 is 5.73 Å². The zero-order chi connectivity index (χ0) is 8.39. The maximum absolute atomic E-state index is 5.53. The van der Waals surface area contributed by atoms with Crippen LogP contribution in [0.2, 0.25) is 0 Å². The molecule has 0 saturated carbocycles. The maximum Gasteiger partial charge on any atom is -0.00365 e. The Labute approximate surface area is 72.9 Å². The predicted molar refractivity (Wildman–Crippen MR) is 51.9 cm³/mol. The minimum absolute atomic E-state index is 0.740. The van der Waals surface area contributed by atoms with Crippen LogP contribution in [0.25, 0.3) is 6.08 Å². The van der Waals surface area contributed by atoms with E-state index in [4.69, 9.17) is 5.73 Å². The lowest BCUT2D eigenvalue weighted by Crippen LogP contribution is -2.04. The third-order valence-corrected chi connectivity index (χ3v) is 2.32. The fraction of sp³-hybridized carbons (Fsp3) is 0.273. The maximum atomic E-state index is 5.53. The smallest absolute Gasteiger partial charge is 0.00365 e. The first-order valence-corrected chi connectivity index (χ1v) is 4.39. The Hall–Kier alpha value is -1.08. The molecular weight excluding hydrogens is 146 g/mol. The standard InChI is InChI=1S/C11H13N/c12-8-7-10-4-1-3-9-5-2-6-11(9)10/h1-4,6H,5,7-8,12H2. The molecule has 0 aromatic heterocycles. The molecule has 1 aromatic rings. The fourth-order valence-electron chi connectivity index (χ4n) is 1.74. The van der Waals surface area contributed by atoms with Crippen LogP contribution in [-0.4, -0.2) is 6.54 Å². The second kappa shape index (κ2) is 3.11. The summed E-state index contributed by atoms with van der Waals surface area (Å²) in [4.78, 5) is 0. The molecule has 62 valence electrons. The first kappa shape index (κ1) is 7.56. The summed E-state index contributed by atoms with van der Waals surface area (Å²) in [6, 6.07) is 6.48. The van der Waals surface area contributed by atoms with Gasteiger partial charge >= 0.3 is 0 Å². The van der Waals surface area contributed by atoms with Crippen molar-refractivity contribution in [3.05, 3.63) is 41.0 Å². The van der Waals surface area contributed by atoms with Gasteiger partial charge in [0.25, 0.3) is 0 Å². The average molecular weight is 159 g/mol. The normalized spacial score (nSPS) is 13.4. The van der Waals surface area contributed by atoms with E-state index in [1.807, 2.05) is 0 Å². The highest BCUT2D eigenvalue weighted by Crippen LogP contribution is 2.23. The van der Waals surface area contributed by atoms with E-state index in [-0.39, 0.29) is 0 Å². The van der Waals surface area contributed by atoms with Gasteiger partial charge < -0.3 is 5.73 Å². The Kier molecular flexibility index (Phi) is 1.96. The lowest BCUT2D eigenvalue weighted by molar-refractivity contribution is 0.964. The van der Waals surface area contributed by atoms with Gasteiger partial charge in [0.2, 0.25) is 0 Å². The number of nitrogens with two attached hydrogens (primary N) is 1. The Morgan fingerprint density at radius 1 is 1.33 bits per heavy atom. The van der Waals surface area contributed by atoms with Crippen molar-refractivity contribution in [1.82, 2.24) is 0 Å². The van der Waals surface area contributed by atoms with Gasteiger partial charge in [-0.05, 0) is 36.1 Å². The van der Waals surface area contributed by atoms with Gasteiger partial charge in [0.05, 0.1) is 0 Å². The van der Waals surface area contributed by atoms with Crippen molar-refractivity contribution in [2.24, 2.45) is 5.73 Å². The molecule has 0 spiro atoms. The molecule has 0 unspecified atom stereocenters. The Bertz CT molecular complexity index is 313. The molecule has 0 bridgehead atoms. The van der Waals surface area contributed by atoms with Gasteiger partial charge in [-0.1, -0.05) is 30.4 Å². The van der Waals surface area contributed by atoms with Gasteiger partial charge in [0, 0.05) is 0 Å². The number of fused-ring (bicyclic) bond motifs is 1. The molecule has 0 atom stereocenters. The van der Waals surface area contributed by atoms with E-state index in [1.165, 1.54) is 16.7 Å². The lowest BCUT2D eigenvalue weighted by Gasteiger charge is -2.05. The number of benzene rings is 1. The molecule has 0 heterocycles. The van der Waals surface area contributed by atoms with Gasteiger partial charge in [-0.15, -0.1) is 0 Å². The van der Waals surface area contributed by atoms with Crippen molar-refractivity contribution in [2.45, 2.75) is 12.8 Å². The highest BCUT2D eigenvalue weighted by Gasteiger charge is 2.07. The van der Waals surface area contributed by atoms with Gasteiger partial charge in [-0.3, -0.25) is 0 Å². The molecular formula is C11H13N. The summed E-state index contributed by atoms with van der Waals surface area (Å²) >= 11 is 0. The van der Waals surface area contributed by atoms with E-state index in [0.29, 0.717) is 0 Å². The van der Waals surface area contributed by atoms with E-state index in [2.05, 4.69) is 30.4 Å². The molecule has 1 aromatic carbocycles. The van der Waals surface area contributed by atoms with Gasteiger partial charge in [0.15, 0.2) is 0 Å². The van der Waals surface area contributed by atoms with Crippen molar-refractivity contribution >= 4 is 6.08 Å². The number of hydrogen-bond acceptors (Lipinski definition) is 1. The highest BCUT2D eigenvalue weighted by molar-refractivity contribution is 5.63. The predicted octanol–water partition coefficient (Wildman–Crippen LogP) is 1.76. The molecule has 0 amide bonds. The number of hydrogen-bond donors (Lipinski definition) is 1. The van der Waals surface area contributed by atoms with Crippen molar-refractivity contribution in [2.75, 3.05) is 6.54 Å². The van der Waals surface area contributed by atoms with Crippen LogP contribution in [0.15, 0.2) is 24.3 Å². The van der Waals surface area contributed by atoms with Crippen LogP contribution in [0, 0.1) is 0 Å². The van der Waals surface area contributed by atoms with Gasteiger partial charge in [0.1, 0.15) is 0 Å². The second-order valence-electron chi connectivity index (χ2n) is 3.14. The first-order chi connectivity index (χ1) is 5.92. The third-order valence-electron chi connectivity index (χ3n) is 2.32. The molecule has 1 aliphatic carbocycles. The van der Waals surface area contributed by atoms with E-state index in [0.717, 1.165) is 19.4 Å². The molecule has 0 aliphatic heterocycles. The molecule has 1 nitrogen and oxygen atoms in total. The summed E-state index contributed by atoms with van der Waals surface area (Å²) in [5.41, 5.74) is 9.77. The third kappa shape index (κ3) is 1.16. The van der Waals surface area contributed by atoms with Crippen LogP contribution in [-0.2, 0) is 12.8 Å². The largest absolute Gasteiger partial charge is 0.330 e. The van der Waals surface area contributed by atoms with Crippen LogP contribution in [0.1, 0.15) is 16.7 Å². The summed E-state index contributed by atoms with van der Waals surface area (Å²) in [6.45, 7) is 0.740. The second-order valence-corrected chi connectivity index (χ2v) is 3.14. The Morgan fingerprint density at radius 3 is 3.08 bits per heavy atom. The topological polar surface area (TPSA) is 26.0 Å². The summed E-state index contributed by atoms with van der Waals surface area (Å²) in [5, 5.41) is 0. The van der Waals surface area contributed by atoms with Crippen LogP contribution in [0.4, 0.5) is 0 Å². The molecule has 2 N–H and O–H groups in total. The van der Waals surface area contributed by atoms with E-state index >= 15 is 0 Å². The van der Waals surface area contributed by atoms with Gasteiger partial charge in [-0.2, -0.15) is 0 Å². The van der Waals surface area contributed by atoms with Crippen molar-refractivity contribution in [3.8, 4) is 0 Å². The van der Waals surface area contributed by atoms with E-state index in [1.54, 1.807) is 0 Å². The number of allylic oxidation sites excluding steroid dienone is 1. The Morgan fingerprint density at radius 2 is 2.25 bits per heavy atom. The monoisotopic (exact) mass is 159 g/mol. The average Bonchev–Trinajstić information content (AvgIpc) is 2.53. The summed E-state index contributed by atoms with van der Waals surface area (Å²) in [6.07, 6.45) is 6.51. The zero-order valence-corrected chi connectivity index (χ0v) is 7.09. The minimum atomic E-state index is 0.740. The fourth-order valence-corrected chi connectivity index (χ4v) is 1.74. The quantitative estimate of drug-likeness (QED) is 0.699. The Balaban J connectivity index is 2.41. The van der Waals surface area contributed by atoms with Crippen LogP contribution >= 0.6 is 0 Å². The summed E-state index contributed by atoms with van der Waals surface area (Å²) < 4.78 is 0. The van der Waals surface area contributed by atoms with Crippen molar-refractivity contribution < 1.29 is 0 Å².